The van der Waals surface area contributed by atoms with Crippen molar-refractivity contribution in [3.05, 3.63) is 12.7 Å². The molecule has 0 spiro atoms. The highest BCUT2D eigenvalue weighted by Crippen LogP contribution is 2.20. The van der Waals surface area contributed by atoms with Gasteiger partial charge in [0.25, 0.3) is 0 Å². The molecule has 0 aromatic rings. The predicted octanol–water partition coefficient (Wildman–Crippen LogP) is 0.0457. The van der Waals surface area contributed by atoms with Crippen LogP contribution < -0.4 is 0 Å². The van der Waals surface area contributed by atoms with Gasteiger partial charge in [0, 0.05) is 6.42 Å². The molecular formula is C9H16O4. The Kier molecular flexibility index (Phi) is 3.87. The van der Waals surface area contributed by atoms with Crippen LogP contribution in [-0.2, 0) is 9.47 Å². The largest absolute Gasteiger partial charge is 0.390 e. The van der Waals surface area contributed by atoms with E-state index in [0.717, 1.165) is 0 Å². The van der Waals surface area contributed by atoms with Crippen molar-refractivity contribution in [2.75, 3.05) is 6.61 Å². The van der Waals surface area contributed by atoms with E-state index in [1.807, 2.05) is 0 Å². The third-order valence-electron chi connectivity index (χ3n) is 2.08. The van der Waals surface area contributed by atoms with Crippen molar-refractivity contribution < 1.29 is 19.7 Å². The minimum Gasteiger partial charge on any atom is -0.390 e. The summed E-state index contributed by atoms with van der Waals surface area (Å²) in [6, 6.07) is 0. The van der Waals surface area contributed by atoms with Crippen LogP contribution in [0.2, 0.25) is 0 Å². The first-order valence-electron chi connectivity index (χ1n) is 4.39. The fraction of sp³-hybridized carbons (Fsp3) is 0.778. The molecule has 4 atom stereocenters. The van der Waals surface area contributed by atoms with Crippen LogP contribution in [0.15, 0.2) is 12.7 Å². The maximum atomic E-state index is 9.38. The molecular weight excluding hydrogens is 172 g/mol. The van der Waals surface area contributed by atoms with E-state index < -0.39 is 24.6 Å². The highest BCUT2D eigenvalue weighted by atomic mass is 16.7. The van der Waals surface area contributed by atoms with Gasteiger partial charge in [0.2, 0.25) is 0 Å². The molecule has 0 radical (unpaired) electrons. The lowest BCUT2D eigenvalue weighted by Crippen LogP contribution is -2.47. The summed E-state index contributed by atoms with van der Waals surface area (Å²) in [5, 5.41) is 18.7. The van der Waals surface area contributed by atoms with E-state index in [1.165, 1.54) is 0 Å². The van der Waals surface area contributed by atoms with Gasteiger partial charge in [-0.3, -0.25) is 0 Å². The van der Waals surface area contributed by atoms with Crippen molar-refractivity contribution in [1.29, 1.82) is 0 Å². The Hall–Kier alpha value is -0.420. The highest BCUT2D eigenvalue weighted by Gasteiger charge is 2.34. The summed E-state index contributed by atoms with van der Waals surface area (Å²) in [6.45, 7) is 5.60. The first kappa shape index (κ1) is 10.7. The molecule has 0 aromatic carbocycles. The van der Waals surface area contributed by atoms with E-state index in [2.05, 4.69) is 6.58 Å². The highest BCUT2D eigenvalue weighted by molar-refractivity contribution is 4.80. The third-order valence-corrected chi connectivity index (χ3v) is 2.08. The molecule has 0 aliphatic carbocycles. The molecule has 1 aliphatic rings. The number of rotatable bonds is 3. The average molecular weight is 188 g/mol. The van der Waals surface area contributed by atoms with E-state index in [1.54, 1.807) is 13.0 Å². The first-order chi connectivity index (χ1) is 6.15. The van der Waals surface area contributed by atoms with E-state index in [9.17, 15) is 10.2 Å². The van der Waals surface area contributed by atoms with E-state index in [4.69, 9.17) is 9.47 Å². The number of ether oxygens (including phenoxy) is 2. The lowest BCUT2D eigenvalue weighted by molar-refractivity contribution is -0.242. The van der Waals surface area contributed by atoms with Gasteiger partial charge in [0.15, 0.2) is 6.29 Å². The molecule has 4 unspecified atom stereocenters. The minimum absolute atomic E-state index is 0.305. The van der Waals surface area contributed by atoms with Crippen LogP contribution in [0.3, 0.4) is 0 Å². The van der Waals surface area contributed by atoms with Gasteiger partial charge < -0.3 is 19.7 Å². The molecule has 76 valence electrons. The lowest BCUT2D eigenvalue weighted by atomic mass is 10.0. The van der Waals surface area contributed by atoms with Gasteiger partial charge in [-0.05, 0) is 6.92 Å². The standard InChI is InChI=1S/C9H16O4/c1-3-4-12-8-5-7(10)9(11)6(2)13-8/h3,6-11H,1,4-5H2,2H3. The van der Waals surface area contributed by atoms with Crippen molar-refractivity contribution in [2.24, 2.45) is 0 Å². The van der Waals surface area contributed by atoms with Crippen LogP contribution in [0.1, 0.15) is 13.3 Å². The summed E-state index contributed by atoms with van der Waals surface area (Å²) in [4.78, 5) is 0. The van der Waals surface area contributed by atoms with Crippen LogP contribution in [0.25, 0.3) is 0 Å². The zero-order valence-electron chi connectivity index (χ0n) is 7.72. The number of aliphatic hydroxyl groups is 2. The zero-order valence-corrected chi connectivity index (χ0v) is 7.72. The van der Waals surface area contributed by atoms with Gasteiger partial charge >= 0.3 is 0 Å². The van der Waals surface area contributed by atoms with E-state index in [0.29, 0.717) is 13.0 Å². The van der Waals surface area contributed by atoms with Crippen LogP contribution in [0.4, 0.5) is 0 Å². The summed E-state index contributed by atoms with van der Waals surface area (Å²) >= 11 is 0. The van der Waals surface area contributed by atoms with Gasteiger partial charge in [0.1, 0.15) is 6.10 Å². The Morgan fingerprint density at radius 1 is 1.62 bits per heavy atom. The molecule has 4 heteroatoms. The van der Waals surface area contributed by atoms with E-state index >= 15 is 0 Å². The Morgan fingerprint density at radius 3 is 2.85 bits per heavy atom. The molecule has 0 amide bonds. The third kappa shape index (κ3) is 2.77. The van der Waals surface area contributed by atoms with Crippen LogP contribution in [0, 0.1) is 0 Å². The number of hydrogen-bond acceptors (Lipinski definition) is 4. The smallest absolute Gasteiger partial charge is 0.161 e. The van der Waals surface area contributed by atoms with Gasteiger partial charge in [-0.1, -0.05) is 6.08 Å². The lowest BCUT2D eigenvalue weighted by Gasteiger charge is -2.34. The van der Waals surface area contributed by atoms with E-state index in [-0.39, 0.29) is 0 Å². The molecule has 13 heavy (non-hydrogen) atoms. The fourth-order valence-corrected chi connectivity index (χ4v) is 1.31. The van der Waals surface area contributed by atoms with Crippen LogP contribution >= 0.6 is 0 Å². The second kappa shape index (κ2) is 4.72. The quantitative estimate of drug-likeness (QED) is 0.614. The van der Waals surface area contributed by atoms with Crippen molar-refractivity contribution in [3.8, 4) is 0 Å². The van der Waals surface area contributed by atoms with Gasteiger partial charge in [-0.25, -0.2) is 0 Å². The zero-order chi connectivity index (χ0) is 9.84. The normalized spacial score (nSPS) is 40.2. The summed E-state index contributed by atoms with van der Waals surface area (Å²) in [7, 11) is 0. The topological polar surface area (TPSA) is 58.9 Å². The SMILES string of the molecule is C=CCOC1CC(O)C(O)C(C)O1. The van der Waals surface area contributed by atoms with Crippen molar-refractivity contribution >= 4 is 0 Å². The Balaban J connectivity index is 2.39. The Labute approximate surface area is 77.8 Å². The molecule has 0 aromatic heterocycles. The molecule has 1 fully saturated rings. The second-order valence-electron chi connectivity index (χ2n) is 3.19. The summed E-state index contributed by atoms with van der Waals surface area (Å²) < 4.78 is 10.5. The Bertz CT molecular complexity index is 159. The summed E-state index contributed by atoms with van der Waals surface area (Å²) in [6.07, 6.45) is -0.489. The molecule has 1 heterocycles. The first-order valence-corrected chi connectivity index (χ1v) is 4.39. The van der Waals surface area contributed by atoms with Crippen molar-refractivity contribution in [3.63, 3.8) is 0 Å². The second-order valence-corrected chi connectivity index (χ2v) is 3.19. The van der Waals surface area contributed by atoms with Crippen molar-refractivity contribution in [1.82, 2.24) is 0 Å². The molecule has 2 N–H and O–H groups in total. The predicted molar refractivity (Wildman–Crippen MR) is 47.1 cm³/mol. The average Bonchev–Trinajstić information content (AvgIpc) is 2.10. The molecule has 1 rings (SSSR count). The van der Waals surface area contributed by atoms with Crippen LogP contribution in [-0.4, -0.2) is 41.4 Å². The Morgan fingerprint density at radius 2 is 2.31 bits per heavy atom. The molecule has 0 bridgehead atoms. The fourth-order valence-electron chi connectivity index (χ4n) is 1.31. The van der Waals surface area contributed by atoms with Crippen LogP contribution in [0.5, 0.6) is 0 Å². The molecule has 1 saturated heterocycles. The van der Waals surface area contributed by atoms with Gasteiger partial charge in [0.05, 0.1) is 18.8 Å². The maximum absolute atomic E-state index is 9.38. The number of aliphatic hydroxyl groups excluding tert-OH is 2. The molecule has 4 nitrogen and oxygen atoms in total. The maximum Gasteiger partial charge on any atom is 0.161 e. The monoisotopic (exact) mass is 188 g/mol. The number of hydrogen-bond donors (Lipinski definition) is 2. The molecule has 0 saturated carbocycles. The summed E-state index contributed by atoms with van der Waals surface area (Å²) in [5.74, 6) is 0. The van der Waals surface area contributed by atoms with Gasteiger partial charge in [-0.2, -0.15) is 0 Å². The van der Waals surface area contributed by atoms with Gasteiger partial charge in [-0.15, -0.1) is 6.58 Å². The minimum atomic E-state index is -0.816. The molecule has 1 aliphatic heterocycles. The summed E-state index contributed by atoms with van der Waals surface area (Å²) in [5.41, 5.74) is 0. The van der Waals surface area contributed by atoms with Crippen molar-refractivity contribution in [2.45, 2.75) is 37.9 Å².